The predicted octanol–water partition coefficient (Wildman–Crippen LogP) is 2.81. The molecule has 1 aromatic carbocycles. The molecule has 0 fully saturated rings. The van der Waals surface area contributed by atoms with Crippen molar-refractivity contribution in [1.29, 1.82) is 0 Å². The van der Waals surface area contributed by atoms with Gasteiger partial charge in [0, 0.05) is 33.6 Å². The maximum atomic E-state index is 12.1. The molecule has 0 aliphatic carbocycles. The van der Waals surface area contributed by atoms with Crippen LogP contribution in [0.4, 0.5) is 0 Å². The monoisotopic (exact) mass is 293 g/mol. The van der Waals surface area contributed by atoms with E-state index in [1.165, 1.54) is 6.92 Å². The van der Waals surface area contributed by atoms with Crippen molar-refractivity contribution in [1.82, 2.24) is 4.98 Å². The molecular formula is C13H12BrNO2. The average Bonchev–Trinajstić information content (AvgIpc) is 2.29. The number of rotatable bonds is 3. The summed E-state index contributed by atoms with van der Waals surface area (Å²) in [7, 11) is 0. The smallest absolute Gasteiger partial charge is 0.192 e. The van der Waals surface area contributed by atoms with Crippen molar-refractivity contribution in [2.24, 2.45) is 0 Å². The minimum Gasteiger partial charge on any atom is -0.361 e. The van der Waals surface area contributed by atoms with Crippen molar-refractivity contribution in [3.8, 4) is 0 Å². The van der Waals surface area contributed by atoms with Crippen LogP contribution >= 0.6 is 15.9 Å². The van der Waals surface area contributed by atoms with E-state index in [1.807, 2.05) is 12.1 Å². The standard InChI is InChI=1S/C13H12BrNO2/c1-8(16)2-3-9-7-15-12-5-4-10(14)6-11(12)13(9)17/h4-7H,2-3H2,1H3,(H,15,17). The predicted molar refractivity (Wildman–Crippen MR) is 71.3 cm³/mol. The van der Waals surface area contributed by atoms with Crippen molar-refractivity contribution in [3.05, 3.63) is 44.7 Å². The van der Waals surface area contributed by atoms with Gasteiger partial charge in [0.1, 0.15) is 5.78 Å². The highest BCUT2D eigenvalue weighted by atomic mass is 79.9. The topological polar surface area (TPSA) is 49.9 Å². The van der Waals surface area contributed by atoms with E-state index < -0.39 is 0 Å². The molecule has 3 nitrogen and oxygen atoms in total. The summed E-state index contributed by atoms with van der Waals surface area (Å²) >= 11 is 3.35. The second kappa shape index (κ2) is 4.84. The lowest BCUT2D eigenvalue weighted by molar-refractivity contribution is -0.116. The van der Waals surface area contributed by atoms with Gasteiger partial charge in [-0.15, -0.1) is 0 Å². The normalized spacial score (nSPS) is 10.7. The number of carbonyl (C=O) groups is 1. The molecule has 1 aromatic heterocycles. The Morgan fingerprint density at radius 2 is 2.18 bits per heavy atom. The van der Waals surface area contributed by atoms with Gasteiger partial charge in [0.05, 0.1) is 0 Å². The SMILES string of the molecule is CC(=O)CCc1c[nH]c2ccc(Br)cc2c1=O. The number of aromatic amines is 1. The van der Waals surface area contributed by atoms with Crippen molar-refractivity contribution in [2.75, 3.05) is 0 Å². The minimum absolute atomic E-state index is 0.00120. The summed E-state index contributed by atoms with van der Waals surface area (Å²) in [5.41, 5.74) is 1.47. The molecule has 0 amide bonds. The van der Waals surface area contributed by atoms with Gasteiger partial charge in [-0.2, -0.15) is 0 Å². The van der Waals surface area contributed by atoms with Crippen molar-refractivity contribution >= 4 is 32.6 Å². The fourth-order valence-electron chi connectivity index (χ4n) is 1.73. The molecule has 0 atom stereocenters. The molecule has 2 rings (SSSR count). The first-order valence-electron chi connectivity index (χ1n) is 5.37. The molecule has 0 spiro atoms. The number of pyridine rings is 1. The Morgan fingerprint density at radius 1 is 1.41 bits per heavy atom. The number of Topliss-reactive ketones (excluding diaryl/α,β-unsaturated/α-hetero) is 1. The maximum absolute atomic E-state index is 12.1. The van der Waals surface area contributed by atoms with E-state index >= 15 is 0 Å². The lowest BCUT2D eigenvalue weighted by atomic mass is 10.1. The zero-order valence-corrected chi connectivity index (χ0v) is 11.0. The number of aryl methyl sites for hydroxylation is 1. The number of hydrogen-bond acceptors (Lipinski definition) is 2. The fourth-order valence-corrected chi connectivity index (χ4v) is 2.09. The Hall–Kier alpha value is -1.42. The first-order chi connectivity index (χ1) is 8.08. The van der Waals surface area contributed by atoms with E-state index in [0.29, 0.717) is 23.8 Å². The number of halogens is 1. The van der Waals surface area contributed by atoms with E-state index in [4.69, 9.17) is 0 Å². The van der Waals surface area contributed by atoms with E-state index in [9.17, 15) is 9.59 Å². The van der Waals surface area contributed by atoms with Crippen LogP contribution in [0.1, 0.15) is 18.9 Å². The third-order valence-electron chi connectivity index (χ3n) is 2.67. The van der Waals surface area contributed by atoms with Crippen molar-refractivity contribution in [3.63, 3.8) is 0 Å². The van der Waals surface area contributed by atoms with Crippen LogP contribution in [0.15, 0.2) is 33.7 Å². The van der Waals surface area contributed by atoms with Gasteiger partial charge in [0.2, 0.25) is 0 Å². The number of nitrogens with one attached hydrogen (secondary N) is 1. The molecular weight excluding hydrogens is 282 g/mol. The Balaban J connectivity index is 2.49. The van der Waals surface area contributed by atoms with Gasteiger partial charge in [-0.1, -0.05) is 15.9 Å². The van der Waals surface area contributed by atoms with Crippen LogP contribution in [0.25, 0.3) is 10.9 Å². The summed E-state index contributed by atoms with van der Waals surface area (Å²) in [5.74, 6) is 0.0961. The molecule has 0 unspecified atom stereocenters. The molecule has 0 aliphatic rings. The van der Waals surface area contributed by atoms with Crippen molar-refractivity contribution < 1.29 is 4.79 Å². The number of fused-ring (bicyclic) bond motifs is 1. The third kappa shape index (κ3) is 2.64. The lowest BCUT2D eigenvalue weighted by Crippen LogP contribution is -2.11. The first kappa shape index (κ1) is 12.0. The van der Waals surface area contributed by atoms with Crippen molar-refractivity contribution in [2.45, 2.75) is 19.8 Å². The molecule has 1 N–H and O–H groups in total. The second-order valence-corrected chi connectivity index (χ2v) is 4.95. The van der Waals surface area contributed by atoms with E-state index in [2.05, 4.69) is 20.9 Å². The Morgan fingerprint density at radius 3 is 2.88 bits per heavy atom. The quantitative estimate of drug-likeness (QED) is 0.946. The Labute approximate surface area is 107 Å². The van der Waals surface area contributed by atoms with Crippen LogP contribution in [0.3, 0.4) is 0 Å². The summed E-state index contributed by atoms with van der Waals surface area (Å²) in [6, 6.07) is 5.54. The molecule has 0 aliphatic heterocycles. The molecule has 2 aromatic rings. The average molecular weight is 294 g/mol. The number of ketones is 1. The van der Waals surface area contributed by atoms with Gasteiger partial charge in [0.25, 0.3) is 0 Å². The van der Waals surface area contributed by atoms with Crippen LogP contribution < -0.4 is 5.43 Å². The van der Waals surface area contributed by atoms with Gasteiger partial charge in [-0.05, 0) is 31.5 Å². The van der Waals surface area contributed by atoms with Crippen LogP contribution in [-0.4, -0.2) is 10.8 Å². The highest BCUT2D eigenvalue weighted by Gasteiger charge is 2.06. The van der Waals surface area contributed by atoms with E-state index in [0.717, 1.165) is 9.99 Å². The Kier molecular flexibility index (Phi) is 3.43. The molecule has 0 saturated carbocycles. The fraction of sp³-hybridized carbons (Fsp3) is 0.231. The number of H-pyrrole nitrogens is 1. The Bertz CT molecular complexity index is 631. The summed E-state index contributed by atoms with van der Waals surface area (Å²) < 4.78 is 0.874. The molecule has 88 valence electrons. The molecule has 1 heterocycles. The summed E-state index contributed by atoms with van der Waals surface area (Å²) in [5, 5.41) is 0.653. The maximum Gasteiger partial charge on any atom is 0.192 e. The summed E-state index contributed by atoms with van der Waals surface area (Å²) in [4.78, 5) is 26.1. The van der Waals surface area contributed by atoms with Crippen LogP contribution in [-0.2, 0) is 11.2 Å². The molecule has 0 radical (unpaired) electrons. The summed E-state index contributed by atoms with van der Waals surface area (Å²) in [6.07, 6.45) is 2.59. The molecule has 0 bridgehead atoms. The van der Waals surface area contributed by atoms with Gasteiger partial charge in [-0.25, -0.2) is 0 Å². The van der Waals surface area contributed by atoms with E-state index in [-0.39, 0.29) is 11.2 Å². The van der Waals surface area contributed by atoms with Gasteiger partial charge in [0.15, 0.2) is 5.43 Å². The van der Waals surface area contributed by atoms with Gasteiger partial charge in [-0.3, -0.25) is 4.79 Å². The molecule has 17 heavy (non-hydrogen) atoms. The van der Waals surface area contributed by atoms with E-state index in [1.54, 1.807) is 12.3 Å². The van der Waals surface area contributed by atoms with Crippen LogP contribution in [0.2, 0.25) is 0 Å². The minimum atomic E-state index is 0.00120. The highest BCUT2D eigenvalue weighted by Crippen LogP contribution is 2.16. The number of carbonyl (C=O) groups excluding carboxylic acids is 1. The molecule has 0 saturated heterocycles. The largest absolute Gasteiger partial charge is 0.361 e. The van der Waals surface area contributed by atoms with Crippen LogP contribution in [0.5, 0.6) is 0 Å². The zero-order chi connectivity index (χ0) is 12.4. The van der Waals surface area contributed by atoms with Gasteiger partial charge >= 0.3 is 0 Å². The number of hydrogen-bond donors (Lipinski definition) is 1. The highest BCUT2D eigenvalue weighted by molar-refractivity contribution is 9.10. The third-order valence-corrected chi connectivity index (χ3v) is 3.16. The lowest BCUT2D eigenvalue weighted by Gasteiger charge is -2.02. The number of aromatic nitrogens is 1. The number of benzene rings is 1. The molecule has 4 heteroatoms. The van der Waals surface area contributed by atoms with Gasteiger partial charge < -0.3 is 9.78 Å². The summed E-state index contributed by atoms with van der Waals surface area (Å²) in [6.45, 7) is 1.53. The second-order valence-electron chi connectivity index (χ2n) is 4.03. The zero-order valence-electron chi connectivity index (χ0n) is 9.42. The first-order valence-corrected chi connectivity index (χ1v) is 6.16. The van der Waals surface area contributed by atoms with Crippen LogP contribution in [0, 0.1) is 0 Å².